The first-order chi connectivity index (χ1) is 9.28. The van der Waals surface area contributed by atoms with E-state index in [4.69, 9.17) is 21.4 Å². The molecule has 108 valence electrons. The van der Waals surface area contributed by atoms with Gasteiger partial charge in [0.05, 0.1) is 11.8 Å². The SMILES string of the molecule is CC1=C(C(=O)OC(C)(C)C)C(c2ccco2)NC(=S)N1. The number of esters is 1. The molecule has 1 aliphatic heterocycles. The predicted octanol–water partition coefficient (Wildman–Crippen LogP) is 2.41. The lowest BCUT2D eigenvalue weighted by Gasteiger charge is -2.30. The van der Waals surface area contributed by atoms with Crippen molar-refractivity contribution in [2.45, 2.75) is 39.3 Å². The summed E-state index contributed by atoms with van der Waals surface area (Å²) in [5.74, 6) is 0.230. The van der Waals surface area contributed by atoms with E-state index < -0.39 is 11.6 Å². The van der Waals surface area contributed by atoms with E-state index in [1.165, 1.54) is 0 Å². The molecule has 0 fully saturated rings. The van der Waals surface area contributed by atoms with Crippen LogP contribution < -0.4 is 10.6 Å². The normalized spacial score (nSPS) is 19.4. The van der Waals surface area contributed by atoms with Crippen LogP contribution in [0.3, 0.4) is 0 Å². The lowest BCUT2D eigenvalue weighted by Crippen LogP contribution is -2.45. The minimum atomic E-state index is -0.559. The van der Waals surface area contributed by atoms with Gasteiger partial charge in [-0.3, -0.25) is 0 Å². The molecule has 0 spiro atoms. The molecule has 0 aliphatic carbocycles. The molecule has 20 heavy (non-hydrogen) atoms. The van der Waals surface area contributed by atoms with Crippen LogP contribution in [0.1, 0.15) is 39.5 Å². The second-order valence-electron chi connectivity index (χ2n) is 5.59. The number of carbonyl (C=O) groups is 1. The molecule has 1 aromatic heterocycles. The van der Waals surface area contributed by atoms with E-state index >= 15 is 0 Å². The van der Waals surface area contributed by atoms with Gasteiger partial charge in [0.1, 0.15) is 17.4 Å². The highest BCUT2D eigenvalue weighted by atomic mass is 32.1. The molecule has 0 bridgehead atoms. The highest BCUT2D eigenvalue weighted by Gasteiger charge is 2.34. The predicted molar refractivity (Wildman–Crippen MR) is 78.9 cm³/mol. The van der Waals surface area contributed by atoms with Crippen LogP contribution in [0.25, 0.3) is 0 Å². The fourth-order valence-corrected chi connectivity index (χ4v) is 2.24. The maximum Gasteiger partial charge on any atom is 0.338 e. The van der Waals surface area contributed by atoms with Crippen LogP contribution in [0.2, 0.25) is 0 Å². The second-order valence-corrected chi connectivity index (χ2v) is 6.00. The van der Waals surface area contributed by atoms with Crippen LogP contribution in [0.15, 0.2) is 34.1 Å². The minimum absolute atomic E-state index is 0.390. The number of carbonyl (C=O) groups excluding carboxylic acids is 1. The number of nitrogens with one attached hydrogen (secondary N) is 2. The molecule has 2 N–H and O–H groups in total. The zero-order valence-corrected chi connectivity index (χ0v) is 12.8. The average molecular weight is 294 g/mol. The van der Waals surface area contributed by atoms with Gasteiger partial charge in [0.2, 0.25) is 0 Å². The monoisotopic (exact) mass is 294 g/mol. The third-order valence-corrected chi connectivity index (χ3v) is 2.94. The summed E-state index contributed by atoms with van der Waals surface area (Å²) < 4.78 is 10.8. The molecule has 0 saturated heterocycles. The van der Waals surface area contributed by atoms with Crippen LogP contribution >= 0.6 is 12.2 Å². The van der Waals surface area contributed by atoms with Crippen molar-refractivity contribution < 1.29 is 13.9 Å². The van der Waals surface area contributed by atoms with Gasteiger partial charge in [-0.25, -0.2) is 4.79 Å². The number of ether oxygens (including phenoxy) is 1. The van der Waals surface area contributed by atoms with E-state index in [0.717, 1.165) is 0 Å². The molecule has 1 unspecified atom stereocenters. The zero-order valence-electron chi connectivity index (χ0n) is 11.9. The summed E-state index contributed by atoms with van der Waals surface area (Å²) in [5.41, 5.74) is 0.587. The van der Waals surface area contributed by atoms with Crippen molar-refractivity contribution >= 4 is 23.3 Å². The Bertz CT molecular complexity index is 555. The summed E-state index contributed by atoms with van der Waals surface area (Å²) in [5, 5.41) is 6.43. The molecule has 2 rings (SSSR count). The Hall–Kier alpha value is -1.82. The van der Waals surface area contributed by atoms with Crippen LogP contribution in [0.4, 0.5) is 0 Å². The zero-order chi connectivity index (χ0) is 14.9. The molecular weight excluding hydrogens is 276 g/mol. The standard InChI is InChI=1S/C14H18N2O3S/c1-8-10(12(17)19-14(2,3)4)11(16-13(20)15-8)9-6-5-7-18-9/h5-7,11H,1-4H3,(H2,15,16,20). The van der Waals surface area contributed by atoms with Crippen molar-refractivity contribution in [2.24, 2.45) is 0 Å². The van der Waals surface area contributed by atoms with Crippen LogP contribution in [-0.4, -0.2) is 16.7 Å². The van der Waals surface area contributed by atoms with E-state index in [0.29, 0.717) is 22.1 Å². The highest BCUT2D eigenvalue weighted by molar-refractivity contribution is 7.80. The van der Waals surface area contributed by atoms with Crippen molar-refractivity contribution in [3.8, 4) is 0 Å². The van der Waals surface area contributed by atoms with Crippen LogP contribution in [0, 0.1) is 0 Å². The van der Waals surface area contributed by atoms with Gasteiger partial charge in [-0.05, 0) is 52.0 Å². The summed E-state index contributed by atoms with van der Waals surface area (Å²) in [6.45, 7) is 7.29. The smallest absolute Gasteiger partial charge is 0.338 e. The Kier molecular flexibility index (Phi) is 3.85. The Morgan fingerprint density at radius 1 is 1.45 bits per heavy atom. The minimum Gasteiger partial charge on any atom is -0.467 e. The van der Waals surface area contributed by atoms with Crippen molar-refractivity contribution in [3.63, 3.8) is 0 Å². The molecule has 5 nitrogen and oxygen atoms in total. The number of rotatable bonds is 2. The first-order valence-electron chi connectivity index (χ1n) is 6.33. The number of furan rings is 1. The topological polar surface area (TPSA) is 63.5 Å². The van der Waals surface area contributed by atoms with Gasteiger partial charge in [-0.1, -0.05) is 0 Å². The molecular formula is C14H18N2O3S. The van der Waals surface area contributed by atoms with Gasteiger partial charge in [0.25, 0.3) is 0 Å². The van der Waals surface area contributed by atoms with Crippen molar-refractivity contribution in [3.05, 3.63) is 35.4 Å². The number of allylic oxidation sites excluding steroid dienone is 1. The van der Waals surface area contributed by atoms with Gasteiger partial charge in [-0.15, -0.1) is 0 Å². The Balaban J connectivity index is 2.37. The molecule has 0 amide bonds. The van der Waals surface area contributed by atoms with Crippen molar-refractivity contribution in [1.29, 1.82) is 0 Å². The highest BCUT2D eigenvalue weighted by Crippen LogP contribution is 2.29. The molecule has 0 aromatic carbocycles. The maximum atomic E-state index is 12.4. The van der Waals surface area contributed by atoms with Gasteiger partial charge in [0, 0.05) is 5.70 Å². The fraction of sp³-hybridized carbons (Fsp3) is 0.429. The number of hydrogen-bond donors (Lipinski definition) is 2. The van der Waals surface area contributed by atoms with Gasteiger partial charge in [-0.2, -0.15) is 0 Å². The van der Waals surface area contributed by atoms with Crippen molar-refractivity contribution in [2.75, 3.05) is 0 Å². The molecule has 1 aliphatic rings. The van der Waals surface area contributed by atoms with Crippen LogP contribution in [-0.2, 0) is 9.53 Å². The van der Waals surface area contributed by atoms with E-state index in [-0.39, 0.29) is 5.97 Å². The molecule has 1 aromatic rings. The average Bonchev–Trinajstić information content (AvgIpc) is 2.77. The molecule has 1 atom stereocenters. The van der Waals surface area contributed by atoms with E-state index in [9.17, 15) is 4.79 Å². The first kappa shape index (κ1) is 14.6. The molecule has 0 saturated carbocycles. The summed E-state index contributed by atoms with van der Waals surface area (Å²) in [4.78, 5) is 12.4. The third-order valence-electron chi connectivity index (χ3n) is 2.72. The van der Waals surface area contributed by atoms with Gasteiger partial charge < -0.3 is 19.8 Å². The Morgan fingerprint density at radius 2 is 2.15 bits per heavy atom. The van der Waals surface area contributed by atoms with E-state index in [2.05, 4.69) is 10.6 Å². The second kappa shape index (κ2) is 5.28. The number of hydrogen-bond acceptors (Lipinski definition) is 4. The molecule has 2 heterocycles. The molecule has 6 heteroatoms. The van der Waals surface area contributed by atoms with Crippen molar-refractivity contribution in [1.82, 2.24) is 10.6 Å². The fourth-order valence-electron chi connectivity index (χ4n) is 1.97. The third kappa shape index (κ3) is 3.19. The lowest BCUT2D eigenvalue weighted by molar-refractivity contribution is -0.150. The summed E-state index contributed by atoms with van der Waals surface area (Å²) in [6.07, 6.45) is 1.56. The first-order valence-corrected chi connectivity index (χ1v) is 6.74. The Morgan fingerprint density at radius 3 is 2.70 bits per heavy atom. The van der Waals surface area contributed by atoms with Gasteiger partial charge >= 0.3 is 5.97 Å². The summed E-state index contributed by atoms with van der Waals surface area (Å²) in [6, 6.07) is 3.13. The van der Waals surface area contributed by atoms with E-state index in [1.54, 1.807) is 25.3 Å². The van der Waals surface area contributed by atoms with E-state index in [1.807, 2.05) is 20.8 Å². The molecule has 0 radical (unpaired) electrons. The quantitative estimate of drug-likeness (QED) is 0.645. The largest absolute Gasteiger partial charge is 0.467 e. The summed E-state index contributed by atoms with van der Waals surface area (Å²) >= 11 is 5.13. The lowest BCUT2D eigenvalue weighted by atomic mass is 10.0. The summed E-state index contributed by atoms with van der Waals surface area (Å²) in [7, 11) is 0. The maximum absolute atomic E-state index is 12.4. The van der Waals surface area contributed by atoms with Gasteiger partial charge in [0.15, 0.2) is 5.11 Å². The Labute approximate surface area is 123 Å². The number of thiocarbonyl (C=S) groups is 1. The van der Waals surface area contributed by atoms with Crippen LogP contribution in [0.5, 0.6) is 0 Å².